The number of hydrogen-bond donors (Lipinski definition) is 0. The molecule has 0 N–H and O–H groups in total. The molecule has 0 bridgehead atoms. The van der Waals surface area contributed by atoms with E-state index < -0.39 is 0 Å². The minimum atomic E-state index is -0.295. The summed E-state index contributed by atoms with van der Waals surface area (Å²) in [5, 5.41) is 0.630. The van der Waals surface area contributed by atoms with E-state index in [1.165, 1.54) is 12.7 Å². The Kier molecular flexibility index (Phi) is 3.87. The predicted octanol–water partition coefficient (Wildman–Crippen LogP) is 3.84. The number of methoxy groups -OCH3 is 1. The van der Waals surface area contributed by atoms with Gasteiger partial charge in [-0.15, -0.1) is 0 Å². The average molecular weight is 263 g/mol. The van der Waals surface area contributed by atoms with Crippen molar-refractivity contribution in [2.75, 3.05) is 7.11 Å². The van der Waals surface area contributed by atoms with Gasteiger partial charge in [0.25, 0.3) is 0 Å². The average Bonchev–Trinajstić information content (AvgIpc) is 2.39. The third kappa shape index (κ3) is 2.49. The van der Waals surface area contributed by atoms with Crippen LogP contribution in [0.25, 0.3) is 5.57 Å². The number of allylic oxidation sites excluding steroid dienone is 3. The second-order valence-corrected chi connectivity index (χ2v) is 4.71. The van der Waals surface area contributed by atoms with E-state index in [4.69, 9.17) is 16.3 Å². The first kappa shape index (κ1) is 12.9. The highest BCUT2D eigenvalue weighted by atomic mass is 35.5. The molecule has 1 aromatic carbocycles. The summed E-state index contributed by atoms with van der Waals surface area (Å²) in [5.74, 6) is -0.295. The van der Waals surface area contributed by atoms with Gasteiger partial charge in [-0.2, -0.15) is 0 Å². The number of aryl methyl sites for hydroxylation is 1. The first-order valence-electron chi connectivity index (χ1n) is 5.88. The molecule has 0 aromatic heterocycles. The van der Waals surface area contributed by atoms with E-state index in [0.717, 1.165) is 17.6 Å². The lowest BCUT2D eigenvalue weighted by Gasteiger charge is -2.17. The number of esters is 1. The van der Waals surface area contributed by atoms with E-state index in [0.29, 0.717) is 17.0 Å². The Bertz CT molecular complexity index is 524. The third-order valence-electron chi connectivity index (χ3n) is 3.03. The number of hydrogen-bond acceptors (Lipinski definition) is 2. The Balaban J connectivity index is 2.53. The number of carbonyl (C=O) groups excluding carboxylic acids is 1. The van der Waals surface area contributed by atoms with Gasteiger partial charge >= 0.3 is 5.97 Å². The molecule has 1 aliphatic carbocycles. The van der Waals surface area contributed by atoms with Gasteiger partial charge in [0, 0.05) is 16.2 Å². The molecule has 18 heavy (non-hydrogen) atoms. The van der Waals surface area contributed by atoms with Gasteiger partial charge in [0.05, 0.1) is 7.11 Å². The van der Waals surface area contributed by atoms with Crippen LogP contribution in [0, 0.1) is 6.92 Å². The standard InChI is InChI=1S/C15H15ClO2/c1-10-6-8-11(9-7-10)14-12(15(17)18-2)4-3-5-13(14)16/h5-9H,3-4H2,1-2H3. The van der Waals surface area contributed by atoms with Crippen molar-refractivity contribution in [1.29, 1.82) is 0 Å². The van der Waals surface area contributed by atoms with Crippen molar-refractivity contribution in [3.8, 4) is 0 Å². The summed E-state index contributed by atoms with van der Waals surface area (Å²) in [5.41, 5.74) is 3.60. The molecule has 0 radical (unpaired) electrons. The monoisotopic (exact) mass is 262 g/mol. The maximum atomic E-state index is 11.8. The van der Waals surface area contributed by atoms with E-state index in [-0.39, 0.29) is 5.97 Å². The molecule has 2 nitrogen and oxygen atoms in total. The molecule has 0 heterocycles. The van der Waals surface area contributed by atoms with Gasteiger partial charge in [-0.25, -0.2) is 4.79 Å². The van der Waals surface area contributed by atoms with Crippen LogP contribution in [0.15, 0.2) is 40.9 Å². The first-order chi connectivity index (χ1) is 8.63. The van der Waals surface area contributed by atoms with Gasteiger partial charge in [-0.3, -0.25) is 0 Å². The summed E-state index contributed by atoms with van der Waals surface area (Å²) in [6.45, 7) is 2.03. The van der Waals surface area contributed by atoms with E-state index in [9.17, 15) is 4.79 Å². The molecule has 94 valence electrons. The molecule has 0 aliphatic heterocycles. The topological polar surface area (TPSA) is 26.3 Å². The zero-order chi connectivity index (χ0) is 13.1. The Morgan fingerprint density at radius 3 is 2.56 bits per heavy atom. The maximum Gasteiger partial charge on any atom is 0.334 e. The van der Waals surface area contributed by atoms with Gasteiger partial charge in [0.2, 0.25) is 0 Å². The van der Waals surface area contributed by atoms with Gasteiger partial charge < -0.3 is 4.74 Å². The number of halogens is 1. The number of ether oxygens (including phenoxy) is 1. The number of benzene rings is 1. The summed E-state index contributed by atoms with van der Waals surface area (Å²) >= 11 is 6.25. The van der Waals surface area contributed by atoms with Crippen LogP contribution in [0.3, 0.4) is 0 Å². The molecule has 3 heteroatoms. The van der Waals surface area contributed by atoms with Crippen LogP contribution in [-0.2, 0) is 9.53 Å². The van der Waals surface area contributed by atoms with E-state index in [1.54, 1.807) is 0 Å². The van der Waals surface area contributed by atoms with Gasteiger partial charge in [0.1, 0.15) is 0 Å². The number of carbonyl (C=O) groups is 1. The molecule has 0 saturated carbocycles. The number of rotatable bonds is 2. The van der Waals surface area contributed by atoms with Crippen molar-refractivity contribution in [3.05, 3.63) is 52.1 Å². The van der Waals surface area contributed by atoms with Crippen LogP contribution in [0.2, 0.25) is 0 Å². The van der Waals surface area contributed by atoms with Crippen molar-refractivity contribution in [2.24, 2.45) is 0 Å². The predicted molar refractivity (Wildman–Crippen MR) is 73.3 cm³/mol. The largest absolute Gasteiger partial charge is 0.466 e. The third-order valence-corrected chi connectivity index (χ3v) is 3.37. The van der Waals surface area contributed by atoms with Crippen LogP contribution in [-0.4, -0.2) is 13.1 Å². The zero-order valence-corrected chi connectivity index (χ0v) is 11.3. The van der Waals surface area contributed by atoms with Crippen LogP contribution in [0.1, 0.15) is 24.0 Å². The van der Waals surface area contributed by atoms with Crippen LogP contribution < -0.4 is 0 Å². The fourth-order valence-corrected chi connectivity index (χ4v) is 2.41. The summed E-state index contributed by atoms with van der Waals surface area (Å²) < 4.78 is 4.83. The molecule has 1 aromatic rings. The molecular formula is C15H15ClO2. The second-order valence-electron chi connectivity index (χ2n) is 4.30. The SMILES string of the molecule is COC(=O)C1=C(c2ccc(C)cc2)C(Cl)=CCC1. The van der Waals surface area contributed by atoms with Crippen molar-refractivity contribution < 1.29 is 9.53 Å². The highest BCUT2D eigenvalue weighted by molar-refractivity contribution is 6.38. The molecule has 1 aliphatic rings. The summed E-state index contributed by atoms with van der Waals surface area (Å²) in [7, 11) is 1.40. The smallest absolute Gasteiger partial charge is 0.334 e. The van der Waals surface area contributed by atoms with Crippen molar-refractivity contribution in [1.82, 2.24) is 0 Å². The van der Waals surface area contributed by atoms with E-state index >= 15 is 0 Å². The summed E-state index contributed by atoms with van der Waals surface area (Å²) in [4.78, 5) is 11.8. The molecule has 0 unspecified atom stereocenters. The van der Waals surface area contributed by atoms with Gasteiger partial charge in [0.15, 0.2) is 0 Å². The molecule has 2 rings (SSSR count). The van der Waals surface area contributed by atoms with Crippen molar-refractivity contribution in [3.63, 3.8) is 0 Å². The fraction of sp³-hybridized carbons (Fsp3) is 0.267. The molecule has 0 fully saturated rings. The normalized spacial score (nSPS) is 15.4. The highest BCUT2D eigenvalue weighted by Crippen LogP contribution is 2.36. The van der Waals surface area contributed by atoms with Gasteiger partial charge in [-0.05, 0) is 25.3 Å². The molecule has 0 saturated heterocycles. The van der Waals surface area contributed by atoms with Crippen LogP contribution in [0.5, 0.6) is 0 Å². The van der Waals surface area contributed by atoms with Gasteiger partial charge in [-0.1, -0.05) is 47.5 Å². The van der Waals surface area contributed by atoms with Crippen molar-refractivity contribution >= 4 is 23.1 Å². The fourth-order valence-electron chi connectivity index (χ4n) is 2.07. The Hall–Kier alpha value is -1.54. The lowest BCUT2D eigenvalue weighted by molar-refractivity contribution is -0.136. The minimum Gasteiger partial charge on any atom is -0.466 e. The quantitative estimate of drug-likeness (QED) is 0.757. The molecule has 0 amide bonds. The van der Waals surface area contributed by atoms with E-state index in [1.807, 2.05) is 37.3 Å². The Morgan fingerprint density at radius 1 is 1.28 bits per heavy atom. The first-order valence-corrected chi connectivity index (χ1v) is 6.26. The lowest BCUT2D eigenvalue weighted by Crippen LogP contribution is -2.10. The lowest BCUT2D eigenvalue weighted by atomic mass is 9.91. The Morgan fingerprint density at radius 2 is 1.94 bits per heavy atom. The summed E-state index contributed by atoms with van der Waals surface area (Å²) in [6.07, 6.45) is 3.40. The second kappa shape index (κ2) is 5.40. The van der Waals surface area contributed by atoms with Crippen molar-refractivity contribution in [2.45, 2.75) is 19.8 Å². The molecule has 0 atom stereocenters. The molecule has 0 spiro atoms. The zero-order valence-electron chi connectivity index (χ0n) is 10.5. The Labute approximate surface area is 112 Å². The summed E-state index contributed by atoms with van der Waals surface area (Å²) in [6, 6.07) is 7.98. The van der Waals surface area contributed by atoms with Crippen LogP contribution >= 0.6 is 11.6 Å². The highest BCUT2D eigenvalue weighted by Gasteiger charge is 2.22. The van der Waals surface area contributed by atoms with E-state index in [2.05, 4.69) is 0 Å². The van der Waals surface area contributed by atoms with Crippen LogP contribution in [0.4, 0.5) is 0 Å². The molecular weight excluding hydrogens is 248 g/mol. The minimum absolute atomic E-state index is 0.295. The maximum absolute atomic E-state index is 11.8.